The Kier molecular flexibility index (Phi) is 8.39. The molecule has 1 N–H and O–H groups in total. The maximum atomic E-state index is 6.70. The van der Waals surface area contributed by atoms with Crippen molar-refractivity contribution in [1.82, 2.24) is 10.2 Å². The predicted molar refractivity (Wildman–Crippen MR) is 184 cm³/mol. The summed E-state index contributed by atoms with van der Waals surface area (Å²) in [6, 6.07) is 17.0. The number of nitrogens with one attached hydrogen (secondary N) is 1. The minimum atomic E-state index is 0.109. The topological polar surface area (TPSA) is 27.7 Å². The van der Waals surface area contributed by atoms with E-state index in [2.05, 4.69) is 134 Å². The van der Waals surface area contributed by atoms with E-state index in [4.69, 9.17) is 4.74 Å². The minimum Gasteiger partial charge on any atom is -0.490 e. The Morgan fingerprint density at radius 2 is 1.77 bits per heavy atom. The van der Waals surface area contributed by atoms with Gasteiger partial charge in [0, 0.05) is 23.1 Å². The molecule has 4 heteroatoms. The summed E-state index contributed by atoms with van der Waals surface area (Å²) in [5.41, 5.74) is 8.38. The van der Waals surface area contributed by atoms with Gasteiger partial charge in [-0.05, 0) is 88.7 Å². The Morgan fingerprint density at radius 3 is 2.55 bits per heavy atom. The van der Waals surface area contributed by atoms with Crippen LogP contribution in [0.15, 0.2) is 102 Å². The molecule has 2 heterocycles. The van der Waals surface area contributed by atoms with Gasteiger partial charge in [0.2, 0.25) is 0 Å². The zero-order valence-electron chi connectivity index (χ0n) is 27.0. The highest BCUT2D eigenvalue weighted by Crippen LogP contribution is 2.51. The summed E-state index contributed by atoms with van der Waals surface area (Å²) in [6.07, 6.45) is 26.0. The van der Waals surface area contributed by atoms with Crippen molar-refractivity contribution in [3.8, 4) is 11.1 Å². The van der Waals surface area contributed by atoms with Crippen molar-refractivity contribution in [2.45, 2.75) is 95.6 Å². The molecule has 0 radical (unpaired) electrons. The Morgan fingerprint density at radius 1 is 0.955 bits per heavy atom. The summed E-state index contributed by atoms with van der Waals surface area (Å²) < 4.78 is 6.70. The van der Waals surface area contributed by atoms with Crippen molar-refractivity contribution in [2.24, 2.45) is 5.92 Å². The highest BCUT2D eigenvalue weighted by molar-refractivity contribution is 5.84. The molecule has 2 aliphatic heterocycles. The SMILES string of the molecule is CCCCNC1C=CC2OC(C)=C(C3N(C)C4C=CC=CC4N3c3c(-c4ccccc4)cc(C)cc3C3CC=CCC3)C2C1. The highest BCUT2D eigenvalue weighted by Gasteiger charge is 2.52. The Labute approximate surface area is 264 Å². The molecule has 0 aromatic heterocycles. The zero-order chi connectivity index (χ0) is 30.2. The third-order valence-corrected chi connectivity index (χ3v) is 10.6. The number of anilines is 1. The number of benzene rings is 2. The number of allylic oxidation sites excluding steroid dienone is 5. The number of hydrogen-bond acceptors (Lipinski definition) is 4. The number of nitrogens with zero attached hydrogens (tertiary/aromatic N) is 2. The molecule has 3 aliphatic carbocycles. The number of likely N-dealkylation sites (N-methyl/N-ethyl adjacent to an activating group) is 1. The van der Waals surface area contributed by atoms with Crippen LogP contribution in [0, 0.1) is 12.8 Å². The van der Waals surface area contributed by atoms with E-state index < -0.39 is 0 Å². The first-order valence-corrected chi connectivity index (χ1v) is 17.0. The Balaban J connectivity index is 1.38. The number of fused-ring (bicyclic) bond motifs is 2. The summed E-state index contributed by atoms with van der Waals surface area (Å²) in [7, 11) is 2.34. The molecule has 7 unspecified atom stereocenters. The first-order chi connectivity index (χ1) is 21.5. The number of unbranched alkanes of at least 4 members (excludes halogenated alkanes) is 1. The van der Waals surface area contributed by atoms with Crippen LogP contribution in [0.2, 0.25) is 0 Å². The quantitative estimate of drug-likeness (QED) is 0.248. The molecule has 2 aromatic carbocycles. The van der Waals surface area contributed by atoms with Crippen molar-refractivity contribution < 1.29 is 4.74 Å². The summed E-state index contributed by atoms with van der Waals surface area (Å²) in [5, 5.41) is 3.83. The second-order valence-electron chi connectivity index (χ2n) is 13.5. The van der Waals surface area contributed by atoms with Crippen LogP contribution in [0.3, 0.4) is 0 Å². The van der Waals surface area contributed by atoms with Gasteiger partial charge in [-0.3, -0.25) is 4.90 Å². The van der Waals surface area contributed by atoms with Crippen molar-refractivity contribution in [3.63, 3.8) is 0 Å². The van der Waals surface area contributed by atoms with E-state index in [1.54, 1.807) is 0 Å². The molecule has 0 amide bonds. The van der Waals surface area contributed by atoms with Crippen LogP contribution in [-0.2, 0) is 4.74 Å². The van der Waals surface area contributed by atoms with Gasteiger partial charge >= 0.3 is 0 Å². The highest BCUT2D eigenvalue weighted by atomic mass is 16.5. The predicted octanol–water partition coefficient (Wildman–Crippen LogP) is 8.43. The smallest absolute Gasteiger partial charge is 0.123 e. The van der Waals surface area contributed by atoms with Crippen LogP contribution in [0.25, 0.3) is 11.1 Å². The van der Waals surface area contributed by atoms with Gasteiger partial charge in [-0.2, -0.15) is 0 Å². The van der Waals surface area contributed by atoms with E-state index >= 15 is 0 Å². The largest absolute Gasteiger partial charge is 0.490 e. The average Bonchev–Trinajstić information content (AvgIpc) is 3.53. The molecule has 0 saturated carbocycles. The van der Waals surface area contributed by atoms with Crippen molar-refractivity contribution in [2.75, 3.05) is 18.5 Å². The molecule has 7 rings (SSSR count). The van der Waals surface area contributed by atoms with Gasteiger partial charge in [0.1, 0.15) is 12.3 Å². The molecule has 4 nitrogen and oxygen atoms in total. The van der Waals surface area contributed by atoms with Gasteiger partial charge in [0.15, 0.2) is 0 Å². The molecule has 0 bridgehead atoms. The summed E-state index contributed by atoms with van der Waals surface area (Å²) in [4.78, 5) is 5.44. The molecule has 1 fully saturated rings. The molecule has 1 saturated heterocycles. The number of ether oxygens (including phenoxy) is 1. The third-order valence-electron chi connectivity index (χ3n) is 10.6. The summed E-state index contributed by atoms with van der Waals surface area (Å²) in [6.45, 7) is 7.84. The maximum absolute atomic E-state index is 6.70. The second kappa shape index (κ2) is 12.6. The van der Waals surface area contributed by atoms with E-state index in [0.29, 0.717) is 23.9 Å². The Bertz CT molecular complexity index is 1500. The lowest BCUT2D eigenvalue weighted by Gasteiger charge is -2.40. The van der Waals surface area contributed by atoms with Crippen LogP contribution >= 0.6 is 0 Å². The molecule has 2 aromatic rings. The zero-order valence-corrected chi connectivity index (χ0v) is 27.0. The van der Waals surface area contributed by atoms with Gasteiger partial charge in [0.25, 0.3) is 0 Å². The third kappa shape index (κ3) is 5.31. The van der Waals surface area contributed by atoms with Crippen LogP contribution < -0.4 is 10.2 Å². The van der Waals surface area contributed by atoms with Crippen LogP contribution in [0.1, 0.15) is 69.4 Å². The Hall–Kier alpha value is -3.34. The van der Waals surface area contributed by atoms with E-state index in [0.717, 1.165) is 31.6 Å². The number of rotatable bonds is 8. The first kappa shape index (κ1) is 29.4. The maximum Gasteiger partial charge on any atom is 0.123 e. The lowest BCUT2D eigenvalue weighted by molar-refractivity contribution is 0.140. The molecule has 44 heavy (non-hydrogen) atoms. The van der Waals surface area contributed by atoms with Gasteiger partial charge in [-0.1, -0.05) is 97.8 Å². The molecular formula is C40H49N3O. The number of hydrogen-bond donors (Lipinski definition) is 1. The van der Waals surface area contributed by atoms with E-state index in [-0.39, 0.29) is 18.3 Å². The van der Waals surface area contributed by atoms with Crippen molar-refractivity contribution >= 4 is 5.69 Å². The van der Waals surface area contributed by atoms with Gasteiger partial charge in [-0.15, -0.1) is 0 Å². The molecule has 7 atom stereocenters. The minimum absolute atomic E-state index is 0.109. The fourth-order valence-corrected chi connectivity index (χ4v) is 8.51. The lowest BCUT2D eigenvalue weighted by atomic mass is 9.81. The van der Waals surface area contributed by atoms with Gasteiger partial charge in [0.05, 0.1) is 23.5 Å². The van der Waals surface area contributed by atoms with Gasteiger partial charge < -0.3 is 15.0 Å². The number of aryl methyl sites for hydroxylation is 1. The average molecular weight is 588 g/mol. The van der Waals surface area contributed by atoms with Gasteiger partial charge in [-0.25, -0.2) is 0 Å². The van der Waals surface area contributed by atoms with E-state index in [9.17, 15) is 0 Å². The van der Waals surface area contributed by atoms with Crippen molar-refractivity contribution in [1.29, 1.82) is 0 Å². The molecular weight excluding hydrogens is 538 g/mol. The van der Waals surface area contributed by atoms with Crippen molar-refractivity contribution in [3.05, 3.63) is 114 Å². The second-order valence-corrected chi connectivity index (χ2v) is 13.5. The molecule has 230 valence electrons. The monoisotopic (exact) mass is 587 g/mol. The molecule has 5 aliphatic rings. The van der Waals surface area contributed by atoms with Crippen LogP contribution in [0.4, 0.5) is 5.69 Å². The first-order valence-electron chi connectivity index (χ1n) is 17.0. The normalized spacial score (nSPS) is 31.0. The molecule has 0 spiro atoms. The summed E-state index contributed by atoms with van der Waals surface area (Å²) >= 11 is 0. The van der Waals surface area contributed by atoms with E-state index in [1.165, 1.54) is 52.8 Å². The fourth-order valence-electron chi connectivity index (χ4n) is 8.51. The standard InChI is InChI=1S/C40H49N3O/c1-5-6-23-41-31-21-22-37-34(26-31)38(28(3)44-37)40-42(4)35-19-13-14-20-36(35)43(40)39-32(29-15-9-7-10-16-29)24-27(2)25-33(39)30-17-11-8-12-18-30/h7-11,13-16,19-22,24-25,30-31,34-37,40-41H,5-6,12,17-18,23,26H2,1-4H3. The summed E-state index contributed by atoms with van der Waals surface area (Å²) in [5.74, 6) is 1.98. The van der Waals surface area contributed by atoms with Crippen LogP contribution in [0.5, 0.6) is 0 Å². The fraction of sp³-hybridized carbons (Fsp3) is 0.450. The van der Waals surface area contributed by atoms with Crippen LogP contribution in [-0.4, -0.2) is 48.9 Å². The van der Waals surface area contributed by atoms with E-state index in [1.807, 2.05) is 0 Å². The lowest BCUT2D eigenvalue weighted by Crippen LogP contribution is -2.45.